The number of thiocarbonyl (C=S) groups is 1. The maximum Gasteiger partial charge on any atom is 0.0819 e. The molecule has 3 heteroatoms. The maximum atomic E-state index is 5.82. The van der Waals surface area contributed by atoms with E-state index in [2.05, 4.69) is 6.07 Å². The molecule has 0 radical (unpaired) electrons. The summed E-state index contributed by atoms with van der Waals surface area (Å²) in [5.41, 5.74) is 11.1. The van der Waals surface area contributed by atoms with Gasteiger partial charge in [-0.2, -0.15) is 0 Å². The second-order valence-corrected chi connectivity index (χ2v) is 5.31. The van der Waals surface area contributed by atoms with Crippen LogP contribution in [0.5, 0.6) is 0 Å². The Morgan fingerprint density at radius 1 is 1.25 bits per heavy atom. The first-order valence-corrected chi connectivity index (χ1v) is 6.47. The van der Waals surface area contributed by atoms with Crippen LogP contribution in [0.3, 0.4) is 0 Å². The van der Waals surface area contributed by atoms with E-state index in [0.717, 1.165) is 19.3 Å². The third kappa shape index (κ3) is 1.54. The van der Waals surface area contributed by atoms with Crippen molar-refractivity contribution in [3.8, 4) is 0 Å². The van der Waals surface area contributed by atoms with Crippen LogP contribution < -0.4 is 5.73 Å². The summed E-state index contributed by atoms with van der Waals surface area (Å²) in [6.45, 7) is 0. The summed E-state index contributed by atoms with van der Waals surface area (Å²) in [7, 11) is 0. The highest BCUT2D eigenvalue weighted by Gasteiger charge is 2.26. The fourth-order valence-corrected chi connectivity index (χ4v) is 3.18. The van der Waals surface area contributed by atoms with Gasteiger partial charge in [0.05, 0.1) is 16.6 Å². The first-order chi connectivity index (χ1) is 7.75. The van der Waals surface area contributed by atoms with E-state index in [4.69, 9.17) is 22.9 Å². The predicted molar refractivity (Wildman–Crippen MR) is 68.7 cm³/mol. The molecule has 2 aliphatic rings. The Bertz CT molecular complexity index is 453. The minimum atomic E-state index is 0.227. The van der Waals surface area contributed by atoms with Crippen molar-refractivity contribution in [2.24, 2.45) is 5.73 Å². The van der Waals surface area contributed by atoms with Gasteiger partial charge in [0, 0.05) is 5.69 Å². The molecule has 1 heterocycles. The van der Waals surface area contributed by atoms with Crippen molar-refractivity contribution < 1.29 is 0 Å². The second-order valence-electron chi connectivity index (χ2n) is 4.84. The molecule has 0 amide bonds. The molecule has 1 unspecified atom stereocenters. The molecule has 0 bridgehead atoms. The molecule has 1 aromatic heterocycles. The Kier molecular flexibility index (Phi) is 2.43. The van der Waals surface area contributed by atoms with Gasteiger partial charge in [0.25, 0.3) is 0 Å². The Labute approximate surface area is 101 Å². The monoisotopic (exact) mass is 232 g/mol. The molecule has 0 spiro atoms. The molecule has 0 saturated heterocycles. The van der Waals surface area contributed by atoms with Crippen LogP contribution in [-0.2, 0) is 19.3 Å². The van der Waals surface area contributed by atoms with Gasteiger partial charge in [0.2, 0.25) is 0 Å². The molecule has 0 fully saturated rings. The Morgan fingerprint density at radius 3 is 2.88 bits per heavy atom. The third-order valence-corrected chi connectivity index (χ3v) is 4.06. The SMILES string of the molecule is NC(=S)C1CCCc2cc3c(nc21)CCC3. The van der Waals surface area contributed by atoms with Crippen LogP contribution in [-0.4, -0.2) is 9.97 Å². The number of pyridine rings is 1. The number of rotatable bonds is 1. The molecule has 0 aromatic carbocycles. The van der Waals surface area contributed by atoms with Crippen LogP contribution in [0.25, 0.3) is 0 Å². The van der Waals surface area contributed by atoms with Crippen molar-refractivity contribution in [1.82, 2.24) is 4.98 Å². The lowest BCUT2D eigenvalue weighted by Gasteiger charge is -2.24. The van der Waals surface area contributed by atoms with E-state index >= 15 is 0 Å². The fourth-order valence-electron chi connectivity index (χ4n) is 2.95. The van der Waals surface area contributed by atoms with Gasteiger partial charge in [-0.15, -0.1) is 0 Å². The summed E-state index contributed by atoms with van der Waals surface area (Å²) in [6, 6.07) is 2.36. The minimum Gasteiger partial charge on any atom is -0.393 e. The van der Waals surface area contributed by atoms with E-state index in [1.807, 2.05) is 0 Å². The largest absolute Gasteiger partial charge is 0.393 e. The van der Waals surface area contributed by atoms with Gasteiger partial charge >= 0.3 is 0 Å². The van der Waals surface area contributed by atoms with E-state index in [9.17, 15) is 0 Å². The lowest BCUT2D eigenvalue weighted by Crippen LogP contribution is -2.25. The Morgan fingerprint density at radius 2 is 2.06 bits per heavy atom. The highest BCUT2D eigenvalue weighted by Crippen LogP contribution is 2.33. The smallest absolute Gasteiger partial charge is 0.0819 e. The standard InChI is InChI=1S/C13H16N2S/c14-13(16)10-5-1-4-9-7-8-3-2-6-11(8)15-12(9)10/h7,10H,1-6H2,(H2,14,16). The predicted octanol–water partition coefficient (Wildman–Crippen LogP) is 2.28. The Hall–Kier alpha value is -0.960. The zero-order valence-electron chi connectivity index (χ0n) is 9.33. The maximum absolute atomic E-state index is 5.82. The average Bonchev–Trinajstić information content (AvgIpc) is 2.71. The van der Waals surface area contributed by atoms with Crippen LogP contribution in [0.1, 0.15) is 47.7 Å². The van der Waals surface area contributed by atoms with Crippen LogP contribution in [0.15, 0.2) is 6.07 Å². The topological polar surface area (TPSA) is 38.9 Å². The lowest BCUT2D eigenvalue weighted by molar-refractivity contribution is 0.630. The zero-order valence-corrected chi connectivity index (χ0v) is 10.1. The van der Waals surface area contributed by atoms with Gasteiger partial charge < -0.3 is 5.73 Å². The summed E-state index contributed by atoms with van der Waals surface area (Å²) in [4.78, 5) is 5.45. The number of aryl methyl sites for hydroxylation is 3. The Balaban J connectivity index is 2.10. The molecule has 84 valence electrons. The van der Waals surface area contributed by atoms with Gasteiger partial charge in [-0.05, 0) is 49.7 Å². The number of nitrogens with zero attached hydrogens (tertiary/aromatic N) is 1. The molecule has 2 aliphatic carbocycles. The molecule has 2 N–H and O–H groups in total. The van der Waals surface area contributed by atoms with E-state index in [0.29, 0.717) is 4.99 Å². The van der Waals surface area contributed by atoms with Gasteiger partial charge in [0.1, 0.15) is 0 Å². The number of aromatic nitrogens is 1. The number of nitrogens with two attached hydrogens (primary N) is 1. The summed E-state index contributed by atoms with van der Waals surface area (Å²) in [6.07, 6.45) is 7.00. The first-order valence-electron chi connectivity index (χ1n) is 6.06. The summed E-state index contributed by atoms with van der Waals surface area (Å²) in [5, 5.41) is 0. The van der Waals surface area contributed by atoms with E-state index in [1.165, 1.54) is 41.8 Å². The van der Waals surface area contributed by atoms with Crippen LogP contribution in [0.4, 0.5) is 0 Å². The normalized spacial score (nSPS) is 22.6. The molecule has 1 atom stereocenters. The molecular weight excluding hydrogens is 216 g/mol. The molecule has 3 rings (SSSR count). The zero-order chi connectivity index (χ0) is 11.1. The van der Waals surface area contributed by atoms with Crippen LogP contribution >= 0.6 is 12.2 Å². The van der Waals surface area contributed by atoms with Gasteiger partial charge in [-0.25, -0.2) is 0 Å². The highest BCUT2D eigenvalue weighted by molar-refractivity contribution is 7.80. The quantitative estimate of drug-likeness (QED) is 0.755. The van der Waals surface area contributed by atoms with E-state index < -0.39 is 0 Å². The van der Waals surface area contributed by atoms with Crippen molar-refractivity contribution in [2.75, 3.05) is 0 Å². The van der Waals surface area contributed by atoms with Gasteiger partial charge in [-0.3, -0.25) is 4.98 Å². The lowest BCUT2D eigenvalue weighted by atomic mass is 9.85. The number of hydrogen-bond donors (Lipinski definition) is 1. The first kappa shape index (κ1) is 10.2. The van der Waals surface area contributed by atoms with Gasteiger partial charge in [0.15, 0.2) is 0 Å². The fraction of sp³-hybridized carbons (Fsp3) is 0.538. The molecule has 16 heavy (non-hydrogen) atoms. The average molecular weight is 232 g/mol. The van der Waals surface area contributed by atoms with Gasteiger partial charge in [-0.1, -0.05) is 18.3 Å². The van der Waals surface area contributed by atoms with Crippen LogP contribution in [0, 0.1) is 0 Å². The number of hydrogen-bond acceptors (Lipinski definition) is 2. The minimum absolute atomic E-state index is 0.227. The molecule has 0 saturated carbocycles. The molecule has 0 aliphatic heterocycles. The third-order valence-electron chi connectivity index (χ3n) is 3.78. The molecule has 1 aromatic rings. The molecular formula is C13H16N2S. The molecule has 2 nitrogen and oxygen atoms in total. The van der Waals surface area contributed by atoms with E-state index in [1.54, 1.807) is 0 Å². The summed E-state index contributed by atoms with van der Waals surface area (Å²) >= 11 is 5.16. The highest BCUT2D eigenvalue weighted by atomic mass is 32.1. The number of fused-ring (bicyclic) bond motifs is 2. The van der Waals surface area contributed by atoms with Crippen molar-refractivity contribution in [3.63, 3.8) is 0 Å². The van der Waals surface area contributed by atoms with E-state index in [-0.39, 0.29) is 5.92 Å². The van der Waals surface area contributed by atoms with Crippen molar-refractivity contribution in [2.45, 2.75) is 44.4 Å². The van der Waals surface area contributed by atoms with Crippen LogP contribution in [0.2, 0.25) is 0 Å². The van der Waals surface area contributed by atoms with Crippen molar-refractivity contribution >= 4 is 17.2 Å². The summed E-state index contributed by atoms with van der Waals surface area (Å²) in [5.74, 6) is 0.227. The second kappa shape index (κ2) is 3.81. The van der Waals surface area contributed by atoms with Crippen molar-refractivity contribution in [1.29, 1.82) is 0 Å². The summed E-state index contributed by atoms with van der Waals surface area (Å²) < 4.78 is 0. The van der Waals surface area contributed by atoms with Crippen molar-refractivity contribution in [3.05, 3.63) is 28.6 Å².